The smallest absolute Gasteiger partial charge is 0.281 e. The maximum Gasteiger partial charge on any atom is 0.332 e. The van der Waals surface area contributed by atoms with E-state index in [9.17, 15) is 9.59 Å². The Labute approximate surface area is 93.2 Å². The maximum atomic E-state index is 11.6. The molecule has 0 saturated carbocycles. The van der Waals surface area contributed by atoms with Gasteiger partial charge >= 0.3 is 5.69 Å². The minimum Gasteiger partial charge on any atom is -0.281 e. The van der Waals surface area contributed by atoms with Crippen LogP contribution in [0.1, 0.15) is 20.3 Å². The molecular formula is C10H16N4O2. The van der Waals surface area contributed by atoms with Crippen molar-refractivity contribution in [2.45, 2.75) is 20.3 Å². The number of aromatic nitrogens is 2. The SMILES string of the molecule is CC/C(C)=N\Nc1cc(=O)n(C)c(=O)n1C. The number of anilines is 1. The van der Waals surface area contributed by atoms with E-state index in [1.165, 1.54) is 17.7 Å². The number of rotatable bonds is 3. The molecular weight excluding hydrogens is 208 g/mol. The van der Waals surface area contributed by atoms with E-state index in [2.05, 4.69) is 10.5 Å². The number of hydrogen-bond acceptors (Lipinski definition) is 4. The van der Waals surface area contributed by atoms with Crippen LogP contribution >= 0.6 is 0 Å². The van der Waals surface area contributed by atoms with Gasteiger partial charge < -0.3 is 0 Å². The van der Waals surface area contributed by atoms with Gasteiger partial charge in [0.25, 0.3) is 5.56 Å². The molecule has 1 N–H and O–H groups in total. The Bertz CT molecular complexity index is 525. The highest BCUT2D eigenvalue weighted by atomic mass is 16.2. The fourth-order valence-electron chi connectivity index (χ4n) is 1.07. The van der Waals surface area contributed by atoms with Crippen molar-refractivity contribution in [3.63, 3.8) is 0 Å². The van der Waals surface area contributed by atoms with E-state index in [0.29, 0.717) is 5.82 Å². The summed E-state index contributed by atoms with van der Waals surface area (Å²) in [6.07, 6.45) is 0.811. The molecule has 1 aromatic heterocycles. The van der Waals surface area contributed by atoms with Gasteiger partial charge in [-0.25, -0.2) is 4.79 Å². The van der Waals surface area contributed by atoms with Crippen LogP contribution < -0.4 is 16.7 Å². The normalized spacial score (nSPS) is 11.6. The Morgan fingerprint density at radius 3 is 2.56 bits per heavy atom. The monoisotopic (exact) mass is 224 g/mol. The lowest BCUT2D eigenvalue weighted by Crippen LogP contribution is -2.37. The molecule has 6 nitrogen and oxygen atoms in total. The largest absolute Gasteiger partial charge is 0.332 e. The van der Waals surface area contributed by atoms with Gasteiger partial charge in [-0.05, 0) is 13.3 Å². The summed E-state index contributed by atoms with van der Waals surface area (Å²) in [5, 5.41) is 4.04. The number of nitrogens with one attached hydrogen (secondary N) is 1. The molecule has 0 spiro atoms. The zero-order valence-electron chi connectivity index (χ0n) is 9.94. The highest BCUT2D eigenvalue weighted by Gasteiger charge is 2.04. The summed E-state index contributed by atoms with van der Waals surface area (Å²) >= 11 is 0. The molecule has 0 fully saturated rings. The van der Waals surface area contributed by atoms with E-state index in [-0.39, 0.29) is 11.2 Å². The molecule has 0 atom stereocenters. The Balaban J connectivity index is 3.17. The van der Waals surface area contributed by atoms with Crippen molar-refractivity contribution < 1.29 is 0 Å². The number of hydrazone groups is 1. The predicted molar refractivity (Wildman–Crippen MR) is 63.9 cm³/mol. The van der Waals surface area contributed by atoms with Crippen molar-refractivity contribution in [2.24, 2.45) is 19.2 Å². The fourth-order valence-corrected chi connectivity index (χ4v) is 1.07. The van der Waals surface area contributed by atoms with Crippen LogP contribution in [0.2, 0.25) is 0 Å². The van der Waals surface area contributed by atoms with Crippen LogP contribution in [0.15, 0.2) is 20.8 Å². The third kappa shape index (κ3) is 2.39. The summed E-state index contributed by atoms with van der Waals surface area (Å²) in [6, 6.07) is 1.34. The van der Waals surface area contributed by atoms with E-state index >= 15 is 0 Å². The van der Waals surface area contributed by atoms with Crippen LogP contribution in [0.4, 0.5) is 5.82 Å². The van der Waals surface area contributed by atoms with Gasteiger partial charge in [-0.3, -0.25) is 19.4 Å². The maximum absolute atomic E-state index is 11.6. The third-order valence-electron chi connectivity index (χ3n) is 2.40. The molecule has 0 amide bonds. The first-order chi connectivity index (χ1) is 7.47. The molecule has 0 aliphatic carbocycles. The average Bonchev–Trinajstić information content (AvgIpc) is 2.28. The zero-order chi connectivity index (χ0) is 12.3. The molecule has 16 heavy (non-hydrogen) atoms. The minimum atomic E-state index is -0.376. The number of nitrogens with zero attached hydrogens (tertiary/aromatic N) is 3. The molecule has 1 rings (SSSR count). The molecule has 0 aliphatic heterocycles. The van der Waals surface area contributed by atoms with Gasteiger partial charge in [0.05, 0.1) is 0 Å². The van der Waals surface area contributed by atoms with Gasteiger partial charge in [0.15, 0.2) is 0 Å². The minimum absolute atomic E-state index is 0.352. The first kappa shape index (κ1) is 12.2. The van der Waals surface area contributed by atoms with Gasteiger partial charge in [0.2, 0.25) is 0 Å². The molecule has 0 aliphatic rings. The van der Waals surface area contributed by atoms with Gasteiger partial charge in [0, 0.05) is 25.9 Å². The molecule has 0 saturated heterocycles. The van der Waals surface area contributed by atoms with E-state index in [4.69, 9.17) is 0 Å². The number of hydrogen-bond donors (Lipinski definition) is 1. The predicted octanol–water partition coefficient (Wildman–Crippen LogP) is 0.282. The second kappa shape index (κ2) is 4.78. The van der Waals surface area contributed by atoms with Crippen LogP contribution in [0, 0.1) is 0 Å². The van der Waals surface area contributed by atoms with Gasteiger partial charge in [-0.1, -0.05) is 6.92 Å². The van der Waals surface area contributed by atoms with E-state index in [0.717, 1.165) is 16.7 Å². The first-order valence-electron chi connectivity index (χ1n) is 5.03. The highest BCUT2D eigenvalue weighted by molar-refractivity contribution is 5.82. The lowest BCUT2D eigenvalue weighted by Gasteiger charge is -2.08. The third-order valence-corrected chi connectivity index (χ3v) is 2.40. The second-order valence-corrected chi connectivity index (χ2v) is 3.58. The van der Waals surface area contributed by atoms with Crippen molar-refractivity contribution in [1.82, 2.24) is 9.13 Å². The van der Waals surface area contributed by atoms with Crippen LogP contribution in [-0.4, -0.2) is 14.8 Å². The van der Waals surface area contributed by atoms with Crippen LogP contribution in [0.5, 0.6) is 0 Å². The van der Waals surface area contributed by atoms with Crippen LogP contribution in [0.3, 0.4) is 0 Å². The van der Waals surface area contributed by atoms with Crippen molar-refractivity contribution in [3.05, 3.63) is 26.9 Å². The van der Waals surface area contributed by atoms with E-state index < -0.39 is 0 Å². The summed E-state index contributed by atoms with van der Waals surface area (Å²) in [5.74, 6) is 0.390. The molecule has 0 unspecified atom stereocenters. The quantitative estimate of drug-likeness (QED) is 0.592. The molecule has 6 heteroatoms. The summed E-state index contributed by atoms with van der Waals surface area (Å²) in [5.41, 5.74) is 2.88. The van der Waals surface area contributed by atoms with Crippen molar-refractivity contribution in [3.8, 4) is 0 Å². The lowest BCUT2D eigenvalue weighted by molar-refractivity contribution is 0.690. The van der Waals surface area contributed by atoms with E-state index in [1.807, 2.05) is 13.8 Å². The van der Waals surface area contributed by atoms with Crippen molar-refractivity contribution in [2.75, 3.05) is 5.43 Å². The molecule has 1 heterocycles. The van der Waals surface area contributed by atoms with Gasteiger partial charge in [-0.15, -0.1) is 0 Å². The fraction of sp³-hybridized carbons (Fsp3) is 0.500. The Morgan fingerprint density at radius 2 is 2.00 bits per heavy atom. The zero-order valence-corrected chi connectivity index (χ0v) is 9.94. The summed E-state index contributed by atoms with van der Waals surface area (Å²) in [7, 11) is 3.02. The molecule has 0 aromatic carbocycles. The molecule has 0 radical (unpaired) electrons. The Morgan fingerprint density at radius 1 is 1.38 bits per heavy atom. The topological polar surface area (TPSA) is 68.4 Å². The van der Waals surface area contributed by atoms with Gasteiger partial charge in [-0.2, -0.15) is 5.10 Å². The van der Waals surface area contributed by atoms with E-state index in [1.54, 1.807) is 7.05 Å². The summed E-state index contributed by atoms with van der Waals surface area (Å²) in [6.45, 7) is 3.84. The Hall–Kier alpha value is -1.85. The van der Waals surface area contributed by atoms with Crippen molar-refractivity contribution in [1.29, 1.82) is 0 Å². The summed E-state index contributed by atoms with van der Waals surface area (Å²) < 4.78 is 2.38. The molecule has 88 valence electrons. The van der Waals surface area contributed by atoms with Gasteiger partial charge in [0.1, 0.15) is 5.82 Å². The average molecular weight is 224 g/mol. The molecule has 1 aromatic rings. The van der Waals surface area contributed by atoms with Crippen LogP contribution in [0.25, 0.3) is 0 Å². The first-order valence-corrected chi connectivity index (χ1v) is 5.03. The lowest BCUT2D eigenvalue weighted by atomic mass is 10.3. The highest BCUT2D eigenvalue weighted by Crippen LogP contribution is 1.98. The summed E-state index contributed by atoms with van der Waals surface area (Å²) in [4.78, 5) is 23.0. The van der Waals surface area contributed by atoms with Crippen LogP contribution in [-0.2, 0) is 14.1 Å². The second-order valence-electron chi connectivity index (χ2n) is 3.58. The van der Waals surface area contributed by atoms with Crippen molar-refractivity contribution >= 4 is 11.5 Å². The standard InChI is InChI=1S/C10H16N4O2/c1-5-7(2)11-12-8-6-9(15)14(4)10(16)13(8)3/h6,12H,5H2,1-4H3/b11-7-. The molecule has 0 bridgehead atoms. The Kier molecular flexibility index (Phi) is 3.65.